The van der Waals surface area contributed by atoms with Crippen molar-refractivity contribution in [3.05, 3.63) is 11.6 Å². The molecular weight excluding hydrogens is 1070 g/mol. The summed E-state index contributed by atoms with van der Waals surface area (Å²) >= 11 is 0. The van der Waals surface area contributed by atoms with Crippen molar-refractivity contribution in [2.24, 2.45) is 50.7 Å². The first kappa shape index (κ1) is 61.5. The molecule has 12 saturated heterocycles. The Kier molecular flexibility index (Phi) is 16.9. The maximum Gasteiger partial charge on any atom is 0.315 e. The van der Waals surface area contributed by atoms with Crippen LogP contribution in [0.3, 0.4) is 0 Å². The van der Waals surface area contributed by atoms with E-state index in [0.29, 0.717) is 44.9 Å². The number of hydrogen-bond donors (Lipinski definition) is 11. The molecule has 11 N–H and O–H groups in total. The van der Waals surface area contributed by atoms with E-state index in [9.17, 15) is 65.8 Å². The van der Waals surface area contributed by atoms with Crippen molar-refractivity contribution in [3.8, 4) is 0 Å². The molecule has 14 heterocycles. The van der Waals surface area contributed by atoms with Crippen LogP contribution in [0.15, 0.2) is 11.6 Å². The van der Waals surface area contributed by atoms with Crippen LogP contribution in [0.25, 0.3) is 0 Å². The fourth-order valence-electron chi connectivity index (χ4n) is 17.0. The minimum Gasteiger partial charge on any atom is -0.457 e. The van der Waals surface area contributed by atoms with Crippen molar-refractivity contribution in [2.75, 3.05) is 19.8 Å². The third kappa shape index (κ3) is 10.9. The zero-order chi connectivity index (χ0) is 58.8. The van der Waals surface area contributed by atoms with Crippen molar-refractivity contribution in [3.63, 3.8) is 0 Å². The lowest BCUT2D eigenvalue weighted by Gasteiger charge is -2.69. The van der Waals surface area contributed by atoms with Gasteiger partial charge in [-0.15, -0.1) is 0 Å². The molecule has 24 heteroatoms. The number of ether oxygens (including phenoxy) is 10. The molecule has 1 unspecified atom stereocenters. The molecule has 1 spiro atoms. The van der Waals surface area contributed by atoms with E-state index in [1.54, 1.807) is 0 Å². The summed E-state index contributed by atoms with van der Waals surface area (Å²) in [5, 5.41) is 124. The lowest BCUT2D eigenvalue weighted by molar-refractivity contribution is -0.375. The summed E-state index contributed by atoms with van der Waals surface area (Å²) in [6.07, 6.45) is -26.1. The van der Waals surface area contributed by atoms with Gasteiger partial charge in [0.25, 0.3) is 0 Å². The lowest BCUT2D eigenvalue weighted by Crippen LogP contribution is -2.68. The first-order valence-corrected chi connectivity index (χ1v) is 29.1. The first-order valence-electron chi connectivity index (χ1n) is 29.1. The zero-order valence-electron chi connectivity index (χ0n) is 47.6. The number of aliphatic hydroxyl groups excluding tert-OH is 10. The van der Waals surface area contributed by atoms with Crippen LogP contribution in [0.4, 0.5) is 0 Å². The number of rotatable bonds is 1. The number of aliphatic hydroxyl groups is 11. The van der Waals surface area contributed by atoms with Crippen LogP contribution in [0.5, 0.6) is 0 Å². The number of esters is 3. The Hall–Kier alpha value is -2.57. The van der Waals surface area contributed by atoms with Crippen LogP contribution >= 0.6 is 0 Å². The van der Waals surface area contributed by atoms with E-state index in [1.807, 2.05) is 13.8 Å². The highest BCUT2D eigenvalue weighted by Gasteiger charge is 2.68. The molecular formula is C57H88O24. The van der Waals surface area contributed by atoms with Crippen LogP contribution in [0.1, 0.15) is 126 Å². The van der Waals surface area contributed by atoms with Gasteiger partial charge in [-0.1, -0.05) is 53.2 Å². The maximum absolute atomic E-state index is 15.2. The summed E-state index contributed by atoms with van der Waals surface area (Å²) in [4.78, 5) is 41.9. The van der Waals surface area contributed by atoms with Crippen LogP contribution < -0.4 is 0 Å². The normalized spacial score (nSPS) is 53.3. The van der Waals surface area contributed by atoms with Crippen molar-refractivity contribution < 1.29 is 118 Å². The molecule has 16 fully saturated rings. The van der Waals surface area contributed by atoms with Gasteiger partial charge in [0.1, 0.15) is 61.0 Å². The average Bonchev–Trinajstić information content (AvgIpc) is 3.20. The van der Waals surface area contributed by atoms with Crippen molar-refractivity contribution in [2.45, 2.75) is 254 Å². The molecule has 19 rings (SSSR count). The standard InChI is InChI=1S/C57H88O24/c1-24-43-40(67)42(69)48(74-24)79-44-36(63)29(60)22-72-49(44)81-51(70)57-14-11-26-25(27(57)17-52(2,3)15-16-57)9-10-33-55(26,7)13-12-32-53(4,5)46(28(59)18-56(32,33)8)80-50-45(39(66)37(64)30(21-58)76-50)78-47-41(68)38(65)31(23-73-47)75-34(61)19-54(6,71)20-35(62)77-43/h9,24,26-33,36-50,58-60,63-69,71H,10-23H2,1-8H3/t24-,26+,27-,28-,29-,30+,31-,32-,33-,36-,37+,38-,39-,40-,41+,42+,43-,44+,45+,46-,47+,48-,49-,50-,54?,55-,56-,57+/m0/s1. The summed E-state index contributed by atoms with van der Waals surface area (Å²) in [5.41, 5.74) is -3.66. The lowest BCUT2D eigenvalue weighted by atomic mass is 9.36. The number of allylic oxidation sites excluding steroid dienone is 2. The van der Waals surface area contributed by atoms with Gasteiger partial charge in [0.15, 0.2) is 37.2 Å². The third-order valence-corrected chi connectivity index (χ3v) is 21.3. The summed E-state index contributed by atoms with van der Waals surface area (Å²) in [6, 6.07) is 0. The van der Waals surface area contributed by atoms with Gasteiger partial charge in [-0.3, -0.25) is 14.4 Å². The van der Waals surface area contributed by atoms with Gasteiger partial charge in [-0.2, -0.15) is 0 Å². The van der Waals surface area contributed by atoms with Crippen molar-refractivity contribution in [1.29, 1.82) is 0 Å². The predicted molar refractivity (Wildman–Crippen MR) is 274 cm³/mol. The smallest absolute Gasteiger partial charge is 0.315 e. The molecule has 28 atom stereocenters. The average molecular weight is 1160 g/mol. The van der Waals surface area contributed by atoms with Gasteiger partial charge >= 0.3 is 17.9 Å². The highest BCUT2D eigenvalue weighted by atomic mass is 16.8. The van der Waals surface area contributed by atoms with E-state index < -0.39 is 195 Å². The van der Waals surface area contributed by atoms with E-state index in [-0.39, 0.29) is 34.5 Å². The van der Waals surface area contributed by atoms with Gasteiger partial charge < -0.3 is 104 Å². The Morgan fingerprint density at radius 3 is 1.90 bits per heavy atom. The number of carbonyl (C=O) groups is 3. The van der Waals surface area contributed by atoms with E-state index in [0.717, 1.165) is 19.8 Å². The Labute approximate surface area is 471 Å². The molecule has 14 aliphatic heterocycles. The van der Waals surface area contributed by atoms with Crippen LogP contribution in [0.2, 0.25) is 0 Å². The fraction of sp³-hybridized carbons (Fsp3) is 0.912. The Morgan fingerprint density at radius 1 is 0.556 bits per heavy atom. The molecule has 0 aromatic rings. The molecule has 5 aliphatic carbocycles. The third-order valence-electron chi connectivity index (χ3n) is 21.3. The molecule has 4 saturated carbocycles. The Bertz CT molecular complexity index is 2350. The topological polar surface area (TPSA) is 366 Å². The van der Waals surface area contributed by atoms with Gasteiger partial charge in [-0.25, -0.2) is 0 Å². The second-order valence-corrected chi connectivity index (χ2v) is 27.7. The largest absolute Gasteiger partial charge is 0.457 e. The zero-order valence-corrected chi connectivity index (χ0v) is 47.6. The predicted octanol–water partition coefficient (Wildman–Crippen LogP) is -0.502. The van der Waals surface area contributed by atoms with Crippen molar-refractivity contribution >= 4 is 17.9 Å². The van der Waals surface area contributed by atoms with Crippen LogP contribution in [-0.2, 0) is 61.8 Å². The minimum atomic E-state index is -2.17. The quantitative estimate of drug-likeness (QED) is 0.0682. The van der Waals surface area contributed by atoms with E-state index in [4.69, 9.17) is 47.4 Å². The van der Waals surface area contributed by atoms with Gasteiger partial charge in [0.05, 0.1) is 62.0 Å². The molecule has 0 aromatic carbocycles. The van der Waals surface area contributed by atoms with Crippen LogP contribution in [0, 0.1) is 50.7 Å². The molecule has 19 aliphatic rings. The van der Waals surface area contributed by atoms with Gasteiger partial charge in [0.2, 0.25) is 6.29 Å². The number of carbonyl (C=O) groups excluding carboxylic acids is 3. The second-order valence-electron chi connectivity index (χ2n) is 27.7. The molecule has 24 nitrogen and oxygen atoms in total. The van der Waals surface area contributed by atoms with E-state index in [1.165, 1.54) is 12.5 Å². The number of hydrogen-bond acceptors (Lipinski definition) is 24. The van der Waals surface area contributed by atoms with E-state index in [2.05, 4.69) is 33.8 Å². The van der Waals surface area contributed by atoms with Gasteiger partial charge in [0, 0.05) is 0 Å². The van der Waals surface area contributed by atoms with Crippen LogP contribution in [-0.4, -0.2) is 222 Å². The molecule has 0 amide bonds. The molecule has 81 heavy (non-hydrogen) atoms. The Balaban J connectivity index is 0.979. The SMILES string of the molecule is C[C@@H]1O[C@H]2O[C@H]3[C@@H](OC[C@H](O)[C@@H]3O)OC(=O)[C@@]34CC[C@@H]5C(=CC[C@H]6[C@@]5(C)CC[C@H]5C(C)(C)[C@@H](O[C@@H]7O[C@H](CO)[C@@H](O)[C@H](O)[C@H]7O[C@H]7OC[C@H](OC(=O)CC(C)(O)CC(=O)O[C@@H]1[C@@H](O)[C@H]2O)[C@H](O)[C@H]7O)[C@@H](O)C[C@]65C)[C@@H]3CC(C)(C)CC4. The molecule has 0 aromatic heterocycles. The Morgan fingerprint density at radius 2 is 1.20 bits per heavy atom. The summed E-state index contributed by atoms with van der Waals surface area (Å²) in [7, 11) is 0. The highest BCUT2D eigenvalue weighted by Crippen LogP contribution is 2.72. The second kappa shape index (κ2) is 22.3. The summed E-state index contributed by atoms with van der Waals surface area (Å²) in [5.74, 6) is -3.00. The molecule has 0 radical (unpaired) electrons. The van der Waals surface area contributed by atoms with E-state index >= 15 is 4.79 Å². The van der Waals surface area contributed by atoms with Gasteiger partial charge in [-0.05, 0) is 117 Å². The van der Waals surface area contributed by atoms with Crippen molar-refractivity contribution in [1.82, 2.24) is 0 Å². The molecule has 460 valence electrons. The monoisotopic (exact) mass is 1160 g/mol. The summed E-state index contributed by atoms with van der Waals surface area (Å²) in [6.45, 7) is 13.8. The summed E-state index contributed by atoms with van der Waals surface area (Å²) < 4.78 is 59.8. The maximum atomic E-state index is 15.2. The highest BCUT2D eigenvalue weighted by molar-refractivity contribution is 5.79. The first-order chi connectivity index (χ1) is 37.9. The fourth-order valence-corrected chi connectivity index (χ4v) is 17.0. The molecule has 12 bridgehead atoms. The minimum absolute atomic E-state index is 0.0454.